The summed E-state index contributed by atoms with van der Waals surface area (Å²) in [4.78, 5) is 156. The van der Waals surface area contributed by atoms with Gasteiger partial charge >= 0.3 is 11.9 Å². The topological polar surface area (TPSA) is 441 Å². The molecule has 1 aromatic rings. The molecule has 3 aliphatic rings. The van der Waals surface area contributed by atoms with E-state index in [1.807, 2.05) is 13.8 Å². The van der Waals surface area contributed by atoms with Gasteiger partial charge in [0.25, 0.3) is 0 Å². The predicted octanol–water partition coefficient (Wildman–Crippen LogP) is -4.56. The Morgan fingerprint density at radius 1 is 0.708 bits per heavy atom. The average Bonchev–Trinajstić information content (AvgIpc) is 4.16. The lowest BCUT2D eigenvalue weighted by Crippen LogP contribution is -2.60. The van der Waals surface area contributed by atoms with Crippen LogP contribution in [0.3, 0.4) is 0 Å². The maximum absolute atomic E-state index is 14.5. The van der Waals surface area contributed by atoms with Gasteiger partial charge in [-0.1, -0.05) is 13.8 Å². The summed E-state index contributed by atoms with van der Waals surface area (Å²) in [5, 5.41) is 41.2. The second kappa shape index (κ2) is 26.7. The molecule has 0 unspecified atom stereocenters. The molecule has 0 saturated carbocycles. The summed E-state index contributed by atoms with van der Waals surface area (Å²) in [6, 6.07) is -11.4. The molecule has 0 spiro atoms. The Balaban J connectivity index is 1.48. The minimum absolute atomic E-state index is 0.0507. The van der Waals surface area contributed by atoms with E-state index in [-0.39, 0.29) is 83.0 Å². The van der Waals surface area contributed by atoms with E-state index in [9.17, 15) is 57.8 Å². The van der Waals surface area contributed by atoms with Crippen LogP contribution >= 0.6 is 0 Å². The minimum atomic E-state index is -1.62. The molecule has 3 fully saturated rings. The van der Waals surface area contributed by atoms with Gasteiger partial charge in [-0.05, 0) is 70.6 Å². The number of aliphatic carboxylic acids is 2. The van der Waals surface area contributed by atoms with Gasteiger partial charge in [0.1, 0.15) is 48.3 Å². The molecule has 0 bridgehead atoms. The Morgan fingerprint density at radius 3 is 1.69 bits per heavy atom. The van der Waals surface area contributed by atoms with Crippen LogP contribution in [-0.4, -0.2) is 186 Å². The first kappa shape index (κ1) is 57.2. The highest BCUT2D eigenvalue weighted by atomic mass is 16.4. The Labute approximate surface area is 414 Å². The Kier molecular flexibility index (Phi) is 21.2. The number of aromatic nitrogens is 2. The maximum atomic E-state index is 14.5. The number of primary amides is 1. The number of likely N-dealkylation sites (tertiary alicyclic amines) is 3. The molecule has 4 heterocycles. The van der Waals surface area contributed by atoms with Crippen molar-refractivity contribution in [3.63, 3.8) is 0 Å². The molecule has 0 aliphatic carbocycles. The summed E-state index contributed by atoms with van der Waals surface area (Å²) in [5.41, 5.74) is 16.7. The van der Waals surface area contributed by atoms with Crippen molar-refractivity contribution >= 4 is 71.1 Å². The number of carbonyl (C=O) groups excluding carboxylic acids is 9. The summed E-state index contributed by atoms with van der Waals surface area (Å²) in [7, 11) is 0. The molecule has 9 atom stereocenters. The van der Waals surface area contributed by atoms with Crippen molar-refractivity contribution < 1.29 is 63.0 Å². The molecule has 72 heavy (non-hydrogen) atoms. The summed E-state index contributed by atoms with van der Waals surface area (Å²) in [5.74, 6) is -10.1. The summed E-state index contributed by atoms with van der Waals surface area (Å²) in [6.07, 6.45) is 3.33. The molecule has 28 nitrogen and oxygen atoms in total. The first-order chi connectivity index (χ1) is 34.0. The van der Waals surface area contributed by atoms with E-state index >= 15 is 0 Å². The molecular weight excluding hydrogens is 947 g/mol. The number of hydrogen-bond donors (Lipinski definition) is 13. The van der Waals surface area contributed by atoms with Crippen LogP contribution in [0.4, 0.5) is 0 Å². The van der Waals surface area contributed by atoms with E-state index in [0.717, 1.165) is 0 Å². The molecule has 9 amide bonds. The number of hydrogen-bond acceptors (Lipinski definition) is 14. The lowest BCUT2D eigenvalue weighted by molar-refractivity contribution is -0.146. The van der Waals surface area contributed by atoms with Gasteiger partial charge in [0.05, 0.1) is 30.9 Å². The summed E-state index contributed by atoms with van der Waals surface area (Å²) in [6.45, 7) is 5.54. The molecule has 3 saturated heterocycles. The second-order valence-electron chi connectivity index (χ2n) is 18.6. The van der Waals surface area contributed by atoms with Gasteiger partial charge in [0.2, 0.25) is 53.2 Å². The number of amides is 9. The second-order valence-corrected chi connectivity index (χ2v) is 18.6. The van der Waals surface area contributed by atoms with Crippen LogP contribution in [0.25, 0.3) is 0 Å². The number of nitrogens with two attached hydrogens (primary N) is 3. The third kappa shape index (κ3) is 16.3. The van der Waals surface area contributed by atoms with Crippen LogP contribution in [0.1, 0.15) is 97.1 Å². The largest absolute Gasteiger partial charge is 0.481 e. The van der Waals surface area contributed by atoms with E-state index in [1.54, 1.807) is 0 Å². The SMILES string of the molecule is CC(C)C[C@H](NC(=O)[C@@H]1CCCN1C(=O)[C@H](C)NC(=O)[C@@H](N)CC(=O)O)C(=O)N1CCC[C@H]1C(=O)N[C@@H](Cc1c[nH]cn1)C(=O)N1CCC[C@H]1C(=O)N[C@@H](CC(N)=O)C(=O)N[C@@H](CCCNC(=N)N)C(=O)O. The van der Waals surface area contributed by atoms with Gasteiger partial charge in [-0.15, -0.1) is 0 Å². The molecule has 0 radical (unpaired) electrons. The predicted molar refractivity (Wildman–Crippen MR) is 252 cm³/mol. The number of aromatic amines is 1. The number of rotatable bonds is 26. The van der Waals surface area contributed by atoms with Gasteiger partial charge in [-0.3, -0.25) is 53.4 Å². The van der Waals surface area contributed by atoms with Crippen molar-refractivity contribution in [2.24, 2.45) is 23.1 Å². The van der Waals surface area contributed by atoms with Crippen LogP contribution in [0.2, 0.25) is 0 Å². The number of nitrogens with one attached hydrogen (secondary N) is 8. The molecule has 16 N–H and O–H groups in total. The van der Waals surface area contributed by atoms with Crippen molar-refractivity contribution in [3.05, 3.63) is 18.2 Å². The molecule has 28 heteroatoms. The Bertz CT molecular complexity index is 2180. The fourth-order valence-corrected chi connectivity index (χ4v) is 9.00. The number of carbonyl (C=O) groups is 11. The Hall–Kier alpha value is -7.39. The van der Waals surface area contributed by atoms with Crippen LogP contribution < -0.4 is 49.1 Å². The first-order valence-corrected chi connectivity index (χ1v) is 24.0. The molecule has 3 aliphatic heterocycles. The highest BCUT2D eigenvalue weighted by molar-refractivity contribution is 5.99. The van der Waals surface area contributed by atoms with Crippen molar-refractivity contribution in [2.75, 3.05) is 26.2 Å². The molecule has 4 rings (SSSR count). The third-order valence-corrected chi connectivity index (χ3v) is 12.5. The summed E-state index contributed by atoms with van der Waals surface area (Å²) >= 11 is 0. The maximum Gasteiger partial charge on any atom is 0.326 e. The number of imidazole rings is 1. The molecule has 1 aromatic heterocycles. The van der Waals surface area contributed by atoms with Crippen LogP contribution in [-0.2, 0) is 59.2 Å². The zero-order valence-corrected chi connectivity index (χ0v) is 40.6. The van der Waals surface area contributed by atoms with Crippen molar-refractivity contribution in [1.29, 1.82) is 5.41 Å². The van der Waals surface area contributed by atoms with Crippen molar-refractivity contribution in [1.82, 2.24) is 56.6 Å². The monoisotopic (exact) mass is 1020 g/mol. The van der Waals surface area contributed by atoms with E-state index in [2.05, 4.69) is 41.9 Å². The van der Waals surface area contributed by atoms with E-state index in [4.69, 9.17) is 27.7 Å². The number of H-pyrrole nitrogens is 1. The normalized spacial score (nSPS) is 20.0. The van der Waals surface area contributed by atoms with Gasteiger partial charge in [-0.25, -0.2) is 9.78 Å². The lowest BCUT2D eigenvalue weighted by atomic mass is 10.0. The van der Waals surface area contributed by atoms with Gasteiger partial charge in [-0.2, -0.15) is 0 Å². The number of nitrogens with zero attached hydrogens (tertiary/aromatic N) is 4. The van der Waals surface area contributed by atoms with Crippen LogP contribution in [0.15, 0.2) is 12.5 Å². The number of carboxylic acids is 2. The lowest BCUT2D eigenvalue weighted by Gasteiger charge is -2.33. The zero-order valence-electron chi connectivity index (χ0n) is 40.6. The zero-order chi connectivity index (χ0) is 53.4. The molecular formula is C44H69N15O13. The standard InChI is InChI=1S/C44H69N15O13/c1-22(2)16-28(55-38(66)30-9-5-13-57(30)40(68)23(3)52-35(63)25(45)18-34(61)62)41(69)58-14-7-11-32(58)39(67)56-29(17-24-20-49-21-51-24)42(70)59-15-6-10-31(59)37(65)54-27(19-33(46)60)36(64)53-26(43(71)72)8-4-12-50-44(47)48/h20-23,25-32H,4-19,45H2,1-3H3,(H2,46,60)(H,49,51)(H,52,63)(H,53,64)(H,54,65)(H,55,66)(H,56,67)(H,61,62)(H,71,72)(H4,47,48,50)/t23-,25-,26-,27-,28-,29-,30-,31-,32-/m0/s1. The van der Waals surface area contributed by atoms with Crippen LogP contribution in [0.5, 0.6) is 0 Å². The molecule has 398 valence electrons. The third-order valence-electron chi connectivity index (χ3n) is 12.5. The van der Waals surface area contributed by atoms with E-state index in [1.165, 1.54) is 34.1 Å². The smallest absolute Gasteiger partial charge is 0.326 e. The highest BCUT2D eigenvalue weighted by Gasteiger charge is 2.44. The van der Waals surface area contributed by atoms with Gasteiger partial charge in [0, 0.05) is 38.8 Å². The number of carboxylic acid groups (broad SMARTS) is 2. The van der Waals surface area contributed by atoms with Crippen molar-refractivity contribution in [3.8, 4) is 0 Å². The van der Waals surface area contributed by atoms with Gasteiger partial charge < -0.3 is 79.0 Å². The quantitative estimate of drug-likeness (QED) is 0.0236. The molecule has 0 aromatic carbocycles. The van der Waals surface area contributed by atoms with Crippen molar-refractivity contribution in [2.45, 2.75) is 152 Å². The fraction of sp³-hybridized carbons (Fsp3) is 0.659. The minimum Gasteiger partial charge on any atom is -0.481 e. The first-order valence-electron chi connectivity index (χ1n) is 24.0. The van der Waals surface area contributed by atoms with E-state index in [0.29, 0.717) is 25.0 Å². The number of guanidine groups is 1. The Morgan fingerprint density at radius 2 is 1.22 bits per heavy atom. The van der Waals surface area contributed by atoms with Crippen LogP contribution in [0, 0.1) is 11.3 Å². The fourth-order valence-electron chi connectivity index (χ4n) is 9.00. The van der Waals surface area contributed by atoms with E-state index < -0.39 is 132 Å². The summed E-state index contributed by atoms with van der Waals surface area (Å²) < 4.78 is 0. The van der Waals surface area contributed by atoms with Gasteiger partial charge in [0.15, 0.2) is 5.96 Å². The highest BCUT2D eigenvalue weighted by Crippen LogP contribution is 2.25. The average molecular weight is 1020 g/mol.